The maximum Gasteiger partial charge on any atom is 0.281 e. The van der Waals surface area contributed by atoms with E-state index >= 15 is 0 Å². The summed E-state index contributed by atoms with van der Waals surface area (Å²) in [6, 6.07) is 5.12. The number of ether oxygens (including phenoxy) is 2. The van der Waals surface area contributed by atoms with Crippen LogP contribution < -0.4 is 14.6 Å². The molecule has 0 spiro atoms. The van der Waals surface area contributed by atoms with Gasteiger partial charge < -0.3 is 23.8 Å². The summed E-state index contributed by atoms with van der Waals surface area (Å²) in [4.78, 5) is 11.3. The number of carboxylic acids is 1. The minimum absolute atomic E-state index is 0.0486. The Morgan fingerprint density at radius 2 is 2.12 bits per heavy atom. The number of benzene rings is 1. The van der Waals surface area contributed by atoms with Gasteiger partial charge in [-0.2, -0.15) is 0 Å². The highest BCUT2D eigenvalue weighted by Gasteiger charge is 2.11. The summed E-state index contributed by atoms with van der Waals surface area (Å²) in [5.74, 6) is 0.214. The van der Waals surface area contributed by atoms with Crippen molar-refractivity contribution < 1.29 is 23.8 Å². The van der Waals surface area contributed by atoms with Crippen LogP contribution in [-0.2, 0) is 11.2 Å². The first-order chi connectivity index (χ1) is 11.6. The molecule has 128 valence electrons. The normalized spacial score (nSPS) is 11.4. The predicted octanol–water partition coefficient (Wildman–Crippen LogP) is 1.92. The van der Waals surface area contributed by atoms with Crippen LogP contribution in [0.4, 0.5) is 0 Å². The van der Waals surface area contributed by atoms with E-state index in [9.17, 15) is 9.90 Å². The van der Waals surface area contributed by atoms with E-state index in [0.717, 1.165) is 11.8 Å². The highest BCUT2D eigenvalue weighted by atomic mass is 32.2. The first kappa shape index (κ1) is 17.9. The Hall–Kier alpha value is -2.48. The molecule has 0 amide bonds. The molecule has 2 aromatic rings. The summed E-state index contributed by atoms with van der Waals surface area (Å²) < 4.78 is 16.0. The average molecular weight is 349 g/mol. The largest absolute Gasteiger partial charge is 0.544 e. The third kappa shape index (κ3) is 4.51. The number of nitrogens with zero attached hydrogens (tertiary/aromatic N) is 2. The maximum absolute atomic E-state index is 11.4. The van der Waals surface area contributed by atoms with Crippen LogP contribution in [0.5, 0.6) is 11.5 Å². The molecule has 0 fully saturated rings. The van der Waals surface area contributed by atoms with Gasteiger partial charge in [0.05, 0.1) is 19.7 Å². The number of carbonyl (C=O) groups is 1. The summed E-state index contributed by atoms with van der Waals surface area (Å²) in [5, 5.41) is 19.1. The lowest BCUT2D eigenvalue weighted by Gasteiger charge is -2.10. The van der Waals surface area contributed by atoms with Gasteiger partial charge in [-0.1, -0.05) is 13.0 Å². The van der Waals surface area contributed by atoms with Gasteiger partial charge >= 0.3 is 0 Å². The standard InChI is InChI=1S/C16H18N2O5S/c1-4-14-17-18-16(23-14)24-13(15(19)20)9-10-6-7-11(22-5-2)12(8-10)21-3/h6-9H,4-5H2,1-3H3,(H,19,20)/p-1/b13-9-. The Labute approximate surface area is 143 Å². The van der Waals surface area contributed by atoms with Crippen molar-refractivity contribution >= 4 is 23.8 Å². The number of carboxylic acid groups (broad SMARTS) is 1. The quantitative estimate of drug-likeness (QED) is 0.527. The second kappa shape index (κ2) is 8.39. The van der Waals surface area contributed by atoms with E-state index in [0.29, 0.717) is 36.0 Å². The molecule has 0 N–H and O–H groups in total. The van der Waals surface area contributed by atoms with Crippen molar-refractivity contribution in [3.63, 3.8) is 0 Å². The van der Waals surface area contributed by atoms with E-state index in [4.69, 9.17) is 13.9 Å². The lowest BCUT2D eigenvalue weighted by atomic mass is 10.2. The summed E-state index contributed by atoms with van der Waals surface area (Å²) >= 11 is 0.842. The molecular formula is C16H17N2O5S-. The fraction of sp³-hybridized carbons (Fsp3) is 0.312. The summed E-state index contributed by atoms with van der Waals surface area (Å²) in [6.45, 7) is 4.24. The number of hydrogen-bond acceptors (Lipinski definition) is 8. The summed E-state index contributed by atoms with van der Waals surface area (Å²) in [6.07, 6.45) is 2.03. The van der Waals surface area contributed by atoms with Crippen LogP contribution in [0.2, 0.25) is 0 Å². The van der Waals surface area contributed by atoms with Crippen LogP contribution in [0.15, 0.2) is 32.7 Å². The molecule has 1 aromatic carbocycles. The molecule has 1 heterocycles. The molecule has 0 aliphatic heterocycles. The second-order valence-corrected chi connectivity index (χ2v) is 5.55. The molecule has 24 heavy (non-hydrogen) atoms. The number of hydrogen-bond donors (Lipinski definition) is 0. The Kier molecular flexibility index (Phi) is 6.25. The van der Waals surface area contributed by atoms with Gasteiger partial charge in [-0.3, -0.25) is 0 Å². The van der Waals surface area contributed by atoms with Crippen LogP contribution in [0.1, 0.15) is 25.3 Å². The number of rotatable bonds is 8. The van der Waals surface area contributed by atoms with Crippen LogP contribution >= 0.6 is 11.8 Å². The lowest BCUT2D eigenvalue weighted by molar-refractivity contribution is -0.298. The van der Waals surface area contributed by atoms with Gasteiger partial charge in [0.15, 0.2) is 11.5 Å². The highest BCUT2D eigenvalue weighted by Crippen LogP contribution is 2.31. The van der Waals surface area contributed by atoms with Crippen molar-refractivity contribution in [2.45, 2.75) is 25.5 Å². The van der Waals surface area contributed by atoms with Crippen molar-refractivity contribution in [2.24, 2.45) is 0 Å². The Balaban J connectivity index is 2.28. The highest BCUT2D eigenvalue weighted by molar-refractivity contribution is 8.03. The van der Waals surface area contributed by atoms with E-state index in [-0.39, 0.29) is 10.1 Å². The first-order valence-corrected chi connectivity index (χ1v) is 8.13. The topological polar surface area (TPSA) is 97.5 Å². The van der Waals surface area contributed by atoms with Gasteiger partial charge in [0.25, 0.3) is 5.22 Å². The van der Waals surface area contributed by atoms with Gasteiger partial charge in [0.1, 0.15) is 0 Å². The number of aromatic nitrogens is 2. The van der Waals surface area contributed by atoms with Gasteiger partial charge in [0, 0.05) is 11.3 Å². The molecule has 0 radical (unpaired) electrons. The zero-order valence-electron chi connectivity index (χ0n) is 13.6. The monoisotopic (exact) mass is 349 g/mol. The fourth-order valence-corrected chi connectivity index (χ4v) is 2.53. The molecule has 0 saturated carbocycles. The second-order valence-electron chi connectivity index (χ2n) is 4.56. The number of aliphatic carboxylic acids is 1. The molecule has 0 aliphatic rings. The molecular weight excluding hydrogens is 332 g/mol. The fourth-order valence-electron chi connectivity index (χ4n) is 1.85. The predicted molar refractivity (Wildman–Crippen MR) is 86.7 cm³/mol. The van der Waals surface area contributed by atoms with Crippen LogP contribution in [0, 0.1) is 0 Å². The van der Waals surface area contributed by atoms with E-state index in [2.05, 4.69) is 10.2 Å². The van der Waals surface area contributed by atoms with E-state index in [1.165, 1.54) is 13.2 Å². The van der Waals surface area contributed by atoms with E-state index in [1.807, 2.05) is 13.8 Å². The summed E-state index contributed by atoms with van der Waals surface area (Å²) in [5.41, 5.74) is 0.622. The molecule has 0 saturated heterocycles. The molecule has 0 unspecified atom stereocenters. The van der Waals surface area contributed by atoms with Gasteiger partial charge in [-0.15, -0.1) is 10.2 Å². The van der Waals surface area contributed by atoms with Crippen molar-refractivity contribution in [1.82, 2.24) is 10.2 Å². The van der Waals surface area contributed by atoms with Crippen LogP contribution in [-0.4, -0.2) is 29.9 Å². The Morgan fingerprint density at radius 1 is 1.33 bits per heavy atom. The van der Waals surface area contributed by atoms with Crippen molar-refractivity contribution in [1.29, 1.82) is 0 Å². The Morgan fingerprint density at radius 3 is 2.71 bits per heavy atom. The molecule has 0 aliphatic carbocycles. The third-order valence-corrected chi connectivity index (χ3v) is 3.78. The van der Waals surface area contributed by atoms with Gasteiger partial charge in [-0.25, -0.2) is 0 Å². The lowest BCUT2D eigenvalue weighted by Crippen LogP contribution is -2.23. The van der Waals surface area contributed by atoms with Crippen molar-refractivity contribution in [3.05, 3.63) is 34.6 Å². The van der Waals surface area contributed by atoms with Crippen molar-refractivity contribution in [2.75, 3.05) is 13.7 Å². The molecule has 1 aromatic heterocycles. The van der Waals surface area contributed by atoms with Gasteiger partial charge in [-0.05, 0) is 42.5 Å². The zero-order valence-corrected chi connectivity index (χ0v) is 14.4. The molecule has 8 heteroatoms. The first-order valence-electron chi connectivity index (χ1n) is 7.31. The van der Waals surface area contributed by atoms with Gasteiger partial charge in [0.2, 0.25) is 5.89 Å². The molecule has 0 atom stereocenters. The average Bonchev–Trinajstić information content (AvgIpc) is 3.03. The number of thioether (sulfide) groups is 1. The van der Waals surface area contributed by atoms with Crippen molar-refractivity contribution in [3.8, 4) is 11.5 Å². The van der Waals surface area contributed by atoms with E-state index in [1.54, 1.807) is 18.2 Å². The van der Waals surface area contributed by atoms with E-state index < -0.39 is 5.97 Å². The zero-order chi connectivity index (χ0) is 17.5. The summed E-state index contributed by atoms with van der Waals surface area (Å²) in [7, 11) is 1.52. The minimum Gasteiger partial charge on any atom is -0.544 e. The number of carbonyl (C=O) groups excluding carboxylic acids is 1. The minimum atomic E-state index is -1.33. The van der Waals surface area contributed by atoms with Crippen LogP contribution in [0.25, 0.3) is 6.08 Å². The molecule has 7 nitrogen and oxygen atoms in total. The van der Waals surface area contributed by atoms with Crippen LogP contribution in [0.3, 0.4) is 0 Å². The number of methoxy groups -OCH3 is 1. The SMILES string of the molecule is CCOc1ccc(/C=C(\Sc2nnc(CC)o2)C(=O)[O-])cc1OC. The Bertz CT molecular complexity index is 742. The number of aryl methyl sites for hydroxylation is 1. The molecule has 0 bridgehead atoms. The smallest absolute Gasteiger partial charge is 0.281 e. The third-order valence-electron chi connectivity index (χ3n) is 2.93. The maximum atomic E-state index is 11.4. The molecule has 2 rings (SSSR count).